The highest BCUT2D eigenvalue weighted by Gasteiger charge is 2.35. The summed E-state index contributed by atoms with van der Waals surface area (Å²) in [5.41, 5.74) is 3.45. The minimum Gasteiger partial charge on any atom is -0.332 e. The van der Waals surface area contributed by atoms with Gasteiger partial charge in [-0.05, 0) is 43.5 Å². The second-order valence-electron chi connectivity index (χ2n) is 7.00. The van der Waals surface area contributed by atoms with E-state index in [2.05, 4.69) is 12.1 Å². The van der Waals surface area contributed by atoms with Crippen LogP contribution in [0.25, 0.3) is 0 Å². The molecule has 1 atom stereocenters. The topological polar surface area (TPSA) is 57.7 Å². The van der Waals surface area contributed by atoms with E-state index in [-0.39, 0.29) is 23.8 Å². The number of amides is 3. The molecular weight excluding hydrogens is 328 g/mol. The zero-order chi connectivity index (χ0) is 18.4. The summed E-state index contributed by atoms with van der Waals surface area (Å²) in [7, 11) is 1.46. The first-order valence-corrected chi connectivity index (χ1v) is 8.81. The van der Waals surface area contributed by atoms with Gasteiger partial charge in [0.2, 0.25) is 0 Å². The highest BCUT2D eigenvalue weighted by Crippen LogP contribution is 2.34. The summed E-state index contributed by atoms with van der Waals surface area (Å²) in [4.78, 5) is 40.3. The zero-order valence-electron chi connectivity index (χ0n) is 14.9. The second-order valence-corrected chi connectivity index (χ2v) is 7.00. The molecule has 0 radical (unpaired) electrons. The van der Waals surface area contributed by atoms with Gasteiger partial charge < -0.3 is 4.90 Å². The fraction of sp³-hybridized carbons (Fsp3) is 0.286. The Morgan fingerprint density at radius 2 is 1.81 bits per heavy atom. The van der Waals surface area contributed by atoms with Crippen molar-refractivity contribution in [3.63, 3.8) is 0 Å². The summed E-state index contributed by atoms with van der Waals surface area (Å²) in [6.07, 6.45) is 1.88. The Kier molecular flexibility index (Phi) is 3.87. The number of imide groups is 1. The first kappa shape index (κ1) is 16.5. The molecule has 0 saturated carbocycles. The average Bonchev–Trinajstić information content (AvgIpc) is 3.21. The van der Waals surface area contributed by atoms with E-state index in [1.807, 2.05) is 24.0 Å². The first-order valence-electron chi connectivity index (χ1n) is 8.81. The second kappa shape index (κ2) is 6.09. The highest BCUT2D eigenvalue weighted by molar-refractivity contribution is 6.21. The quantitative estimate of drug-likeness (QED) is 0.783. The van der Waals surface area contributed by atoms with Crippen LogP contribution in [0.5, 0.6) is 0 Å². The number of hydrogen-bond acceptors (Lipinski definition) is 3. The summed E-state index contributed by atoms with van der Waals surface area (Å²) in [5.74, 6) is -0.759. The maximum absolute atomic E-state index is 13.1. The maximum atomic E-state index is 13.1. The van der Waals surface area contributed by atoms with E-state index in [1.165, 1.54) is 12.6 Å². The van der Waals surface area contributed by atoms with Crippen LogP contribution in [0.3, 0.4) is 0 Å². The van der Waals surface area contributed by atoms with Crippen molar-refractivity contribution in [2.75, 3.05) is 13.6 Å². The predicted octanol–water partition coefficient (Wildman–Crippen LogP) is 3.20. The molecule has 26 heavy (non-hydrogen) atoms. The fourth-order valence-corrected chi connectivity index (χ4v) is 3.89. The number of carbonyl (C=O) groups is 3. The van der Waals surface area contributed by atoms with Crippen molar-refractivity contribution in [1.82, 2.24) is 9.80 Å². The van der Waals surface area contributed by atoms with Gasteiger partial charge >= 0.3 is 0 Å². The van der Waals surface area contributed by atoms with Crippen LogP contribution in [0.1, 0.15) is 61.1 Å². The van der Waals surface area contributed by atoms with Crippen LogP contribution in [0.15, 0.2) is 42.5 Å². The van der Waals surface area contributed by atoms with Gasteiger partial charge in [0.15, 0.2) is 0 Å². The first-order chi connectivity index (χ1) is 12.5. The van der Waals surface area contributed by atoms with Gasteiger partial charge in [-0.25, -0.2) is 0 Å². The fourth-order valence-electron chi connectivity index (χ4n) is 3.89. The third kappa shape index (κ3) is 2.51. The number of carbonyl (C=O) groups excluding carboxylic acids is 3. The van der Waals surface area contributed by atoms with Gasteiger partial charge in [0.05, 0.1) is 17.2 Å². The molecule has 0 aliphatic carbocycles. The number of nitrogens with zero attached hydrogens (tertiary/aromatic N) is 2. The normalized spacial score (nSPS) is 19.2. The molecule has 0 N–H and O–H groups in total. The molecule has 2 aliphatic rings. The molecule has 0 bridgehead atoms. The molecule has 1 saturated heterocycles. The summed E-state index contributed by atoms with van der Waals surface area (Å²) in [6, 6.07) is 13.1. The van der Waals surface area contributed by atoms with E-state index in [9.17, 15) is 14.4 Å². The molecule has 132 valence electrons. The number of aryl methyl sites for hydroxylation is 1. The van der Waals surface area contributed by atoms with Gasteiger partial charge in [-0.15, -0.1) is 0 Å². The maximum Gasteiger partial charge on any atom is 0.261 e. The molecule has 2 aromatic rings. The van der Waals surface area contributed by atoms with Crippen LogP contribution in [0, 0.1) is 6.92 Å². The van der Waals surface area contributed by atoms with Crippen molar-refractivity contribution in [3.8, 4) is 0 Å². The molecule has 2 heterocycles. The van der Waals surface area contributed by atoms with E-state index in [1.54, 1.807) is 18.2 Å². The van der Waals surface area contributed by atoms with Crippen molar-refractivity contribution in [2.45, 2.75) is 25.8 Å². The number of likely N-dealkylation sites (tertiary alicyclic amines) is 1. The number of rotatable bonds is 2. The van der Waals surface area contributed by atoms with Crippen molar-refractivity contribution < 1.29 is 14.4 Å². The van der Waals surface area contributed by atoms with Gasteiger partial charge in [-0.2, -0.15) is 0 Å². The van der Waals surface area contributed by atoms with Crippen LogP contribution in [0.4, 0.5) is 0 Å². The van der Waals surface area contributed by atoms with E-state index in [0.717, 1.165) is 23.3 Å². The molecular formula is C21H20N2O3. The standard InChI is InChI=1S/C21H20N2O3/c1-13-5-3-6-14(11-13)18-7-4-10-23(18)19(24)15-8-9-16-17(12-15)21(26)22(2)20(16)25/h3,5-6,8-9,11-12,18H,4,7,10H2,1-2H3/t18-/m0/s1. The van der Waals surface area contributed by atoms with Gasteiger partial charge in [-0.1, -0.05) is 29.8 Å². The molecule has 3 amide bonds. The number of fused-ring (bicyclic) bond motifs is 1. The zero-order valence-corrected chi connectivity index (χ0v) is 14.9. The summed E-state index contributed by atoms with van der Waals surface area (Å²) in [6.45, 7) is 2.74. The Morgan fingerprint density at radius 1 is 1.04 bits per heavy atom. The van der Waals surface area contributed by atoms with E-state index in [4.69, 9.17) is 0 Å². The van der Waals surface area contributed by atoms with Gasteiger partial charge in [0.1, 0.15) is 0 Å². The minimum absolute atomic E-state index is 0.0515. The number of benzene rings is 2. The molecule has 5 heteroatoms. The summed E-state index contributed by atoms with van der Waals surface area (Å²) in [5, 5.41) is 0. The highest BCUT2D eigenvalue weighted by atomic mass is 16.2. The van der Waals surface area contributed by atoms with Crippen LogP contribution < -0.4 is 0 Å². The van der Waals surface area contributed by atoms with Crippen LogP contribution in [0.2, 0.25) is 0 Å². The van der Waals surface area contributed by atoms with Gasteiger partial charge in [0, 0.05) is 19.2 Å². The largest absolute Gasteiger partial charge is 0.332 e. The Hall–Kier alpha value is -2.95. The molecule has 0 aromatic heterocycles. The molecule has 2 aromatic carbocycles. The lowest BCUT2D eigenvalue weighted by atomic mass is 10.0. The third-order valence-corrected chi connectivity index (χ3v) is 5.28. The minimum atomic E-state index is -0.351. The van der Waals surface area contributed by atoms with Crippen LogP contribution >= 0.6 is 0 Å². The SMILES string of the molecule is Cc1cccc([C@@H]2CCCN2C(=O)c2ccc3c(c2)C(=O)N(C)C3=O)c1. The van der Waals surface area contributed by atoms with Crippen LogP contribution in [-0.4, -0.2) is 41.1 Å². The van der Waals surface area contributed by atoms with Gasteiger partial charge in [0.25, 0.3) is 17.7 Å². The van der Waals surface area contributed by atoms with E-state index < -0.39 is 0 Å². The van der Waals surface area contributed by atoms with Crippen molar-refractivity contribution in [1.29, 1.82) is 0 Å². The molecule has 2 aliphatic heterocycles. The van der Waals surface area contributed by atoms with E-state index in [0.29, 0.717) is 23.2 Å². The smallest absolute Gasteiger partial charge is 0.261 e. The molecule has 5 nitrogen and oxygen atoms in total. The van der Waals surface area contributed by atoms with Crippen LogP contribution in [-0.2, 0) is 0 Å². The Bertz CT molecular complexity index is 935. The van der Waals surface area contributed by atoms with Crippen molar-refractivity contribution in [3.05, 3.63) is 70.3 Å². The lowest BCUT2D eigenvalue weighted by Crippen LogP contribution is -2.30. The molecule has 0 spiro atoms. The Labute approximate surface area is 152 Å². The number of hydrogen-bond donors (Lipinski definition) is 0. The molecule has 4 rings (SSSR count). The Balaban J connectivity index is 1.66. The lowest BCUT2D eigenvalue weighted by molar-refractivity contribution is 0.0692. The third-order valence-electron chi connectivity index (χ3n) is 5.28. The predicted molar refractivity (Wildman–Crippen MR) is 97.1 cm³/mol. The summed E-state index contributed by atoms with van der Waals surface area (Å²) < 4.78 is 0. The molecule has 0 unspecified atom stereocenters. The van der Waals surface area contributed by atoms with Crippen molar-refractivity contribution >= 4 is 17.7 Å². The lowest BCUT2D eigenvalue weighted by Gasteiger charge is -2.25. The van der Waals surface area contributed by atoms with E-state index >= 15 is 0 Å². The van der Waals surface area contributed by atoms with Gasteiger partial charge in [-0.3, -0.25) is 19.3 Å². The monoisotopic (exact) mass is 348 g/mol. The molecule has 1 fully saturated rings. The summed E-state index contributed by atoms with van der Waals surface area (Å²) >= 11 is 0. The average molecular weight is 348 g/mol. The Morgan fingerprint density at radius 3 is 2.58 bits per heavy atom. The van der Waals surface area contributed by atoms with Crippen molar-refractivity contribution in [2.24, 2.45) is 0 Å².